The van der Waals surface area contributed by atoms with Gasteiger partial charge in [-0.25, -0.2) is 4.98 Å². The van der Waals surface area contributed by atoms with Crippen molar-refractivity contribution in [2.75, 3.05) is 68.6 Å². The molecule has 0 spiro atoms. The molecule has 0 saturated carbocycles. The minimum absolute atomic E-state index is 0.0554. The van der Waals surface area contributed by atoms with Crippen molar-refractivity contribution in [1.82, 2.24) is 14.8 Å². The van der Waals surface area contributed by atoms with Crippen LogP contribution in [0.15, 0.2) is 36.4 Å². The van der Waals surface area contributed by atoms with Gasteiger partial charge in [0.1, 0.15) is 11.9 Å². The largest absolute Gasteiger partial charge is 0.381 e. The highest BCUT2D eigenvalue weighted by molar-refractivity contribution is 6.04. The van der Waals surface area contributed by atoms with Crippen LogP contribution in [-0.2, 0) is 9.53 Å². The van der Waals surface area contributed by atoms with Crippen molar-refractivity contribution < 1.29 is 14.3 Å². The van der Waals surface area contributed by atoms with Gasteiger partial charge in [-0.1, -0.05) is 6.07 Å². The second kappa shape index (κ2) is 9.83. The molecule has 5 rings (SSSR count). The van der Waals surface area contributed by atoms with Crippen molar-refractivity contribution in [3.63, 3.8) is 0 Å². The number of nitrogens with one attached hydrogen (secondary N) is 1. The molecule has 4 heterocycles. The standard InChI is InChI=1S/C26H34N6O3/c1-18-25(33)30(3)22-7-8-23(28-24(22)32(18)21-9-15-35-16-10-21)27-20-6-4-5-19(17-20)26(34)31-13-11-29(2)12-14-31/h4-8,17-18,21H,9-16H2,1-3H3,(H,27,28)/t18-/m1/s1. The summed E-state index contributed by atoms with van der Waals surface area (Å²) in [6.07, 6.45) is 1.74. The van der Waals surface area contributed by atoms with Crippen LogP contribution in [0, 0.1) is 0 Å². The van der Waals surface area contributed by atoms with E-state index in [2.05, 4.69) is 22.2 Å². The molecule has 1 atom stereocenters. The Hall–Kier alpha value is -3.17. The van der Waals surface area contributed by atoms with Crippen LogP contribution in [0.5, 0.6) is 0 Å². The molecule has 1 aromatic carbocycles. The summed E-state index contributed by atoms with van der Waals surface area (Å²) in [5.41, 5.74) is 2.28. The number of fused-ring (bicyclic) bond motifs is 1. The van der Waals surface area contributed by atoms with E-state index in [1.165, 1.54) is 0 Å². The van der Waals surface area contributed by atoms with Crippen LogP contribution < -0.4 is 15.1 Å². The molecule has 186 valence electrons. The normalized spacial score (nSPS) is 21.7. The summed E-state index contributed by atoms with van der Waals surface area (Å²) in [5, 5.41) is 3.38. The second-order valence-corrected chi connectivity index (χ2v) is 9.66. The summed E-state index contributed by atoms with van der Waals surface area (Å²) in [5.74, 6) is 1.61. The first-order chi connectivity index (χ1) is 16.9. The molecule has 35 heavy (non-hydrogen) atoms. The molecule has 3 aliphatic rings. The van der Waals surface area contributed by atoms with Crippen LogP contribution in [0.1, 0.15) is 30.1 Å². The molecule has 0 radical (unpaired) electrons. The summed E-state index contributed by atoms with van der Waals surface area (Å²) >= 11 is 0. The number of nitrogens with zero attached hydrogens (tertiary/aromatic N) is 5. The van der Waals surface area contributed by atoms with Crippen molar-refractivity contribution in [1.29, 1.82) is 0 Å². The van der Waals surface area contributed by atoms with E-state index >= 15 is 0 Å². The van der Waals surface area contributed by atoms with Gasteiger partial charge in [0.05, 0.1) is 5.69 Å². The second-order valence-electron chi connectivity index (χ2n) is 9.66. The fourth-order valence-corrected chi connectivity index (χ4v) is 5.19. The molecule has 2 fully saturated rings. The first-order valence-corrected chi connectivity index (χ1v) is 12.4. The van der Waals surface area contributed by atoms with Gasteiger partial charge >= 0.3 is 0 Å². The Balaban J connectivity index is 1.39. The third-order valence-corrected chi connectivity index (χ3v) is 7.32. The number of benzene rings is 1. The van der Waals surface area contributed by atoms with Gasteiger partial charge in [-0.2, -0.15) is 0 Å². The van der Waals surface area contributed by atoms with E-state index in [0.717, 1.165) is 56.2 Å². The summed E-state index contributed by atoms with van der Waals surface area (Å²) in [7, 11) is 3.89. The van der Waals surface area contributed by atoms with Gasteiger partial charge in [0.15, 0.2) is 5.82 Å². The van der Waals surface area contributed by atoms with E-state index in [1.54, 1.807) is 11.9 Å². The topological polar surface area (TPSA) is 81.2 Å². The minimum Gasteiger partial charge on any atom is -0.381 e. The average Bonchev–Trinajstić information content (AvgIpc) is 2.88. The minimum atomic E-state index is -0.289. The van der Waals surface area contributed by atoms with Crippen LogP contribution in [-0.4, -0.2) is 92.2 Å². The Morgan fingerprint density at radius 1 is 1.06 bits per heavy atom. The van der Waals surface area contributed by atoms with Gasteiger partial charge in [0.25, 0.3) is 5.91 Å². The number of ether oxygens (including phenoxy) is 1. The number of amides is 2. The number of carbonyl (C=O) groups is 2. The van der Waals surface area contributed by atoms with Gasteiger partial charge in [0.2, 0.25) is 5.91 Å². The number of likely N-dealkylation sites (N-methyl/N-ethyl adjacent to an activating group) is 2. The molecule has 2 aromatic rings. The Labute approximate surface area is 206 Å². The zero-order valence-corrected chi connectivity index (χ0v) is 20.7. The zero-order valence-electron chi connectivity index (χ0n) is 20.7. The molecule has 9 heteroatoms. The molecule has 0 aliphatic carbocycles. The molecule has 9 nitrogen and oxygen atoms in total. The van der Waals surface area contributed by atoms with E-state index in [-0.39, 0.29) is 23.9 Å². The third kappa shape index (κ3) is 4.70. The molecular weight excluding hydrogens is 444 g/mol. The Morgan fingerprint density at radius 3 is 2.54 bits per heavy atom. The van der Waals surface area contributed by atoms with Gasteiger partial charge < -0.3 is 29.7 Å². The SMILES string of the molecule is C[C@@H]1C(=O)N(C)c2ccc(Nc3cccc(C(=O)N4CCN(C)CC4)c3)nc2N1C1CCOCC1. The molecule has 2 saturated heterocycles. The zero-order chi connectivity index (χ0) is 24.5. The Kier molecular flexibility index (Phi) is 6.62. The van der Waals surface area contributed by atoms with Crippen LogP contribution in [0.2, 0.25) is 0 Å². The van der Waals surface area contributed by atoms with Crippen molar-refractivity contribution in [2.45, 2.75) is 31.8 Å². The smallest absolute Gasteiger partial charge is 0.254 e. The van der Waals surface area contributed by atoms with E-state index < -0.39 is 0 Å². The van der Waals surface area contributed by atoms with Crippen molar-refractivity contribution in [3.05, 3.63) is 42.0 Å². The molecule has 2 amide bonds. The number of aromatic nitrogens is 1. The van der Waals surface area contributed by atoms with E-state index in [4.69, 9.17) is 9.72 Å². The predicted molar refractivity (Wildman–Crippen MR) is 137 cm³/mol. The molecule has 0 bridgehead atoms. The average molecular weight is 479 g/mol. The van der Waals surface area contributed by atoms with Crippen molar-refractivity contribution in [3.8, 4) is 0 Å². The number of hydrogen-bond acceptors (Lipinski definition) is 7. The van der Waals surface area contributed by atoms with E-state index in [0.29, 0.717) is 24.6 Å². The van der Waals surface area contributed by atoms with Crippen LogP contribution >= 0.6 is 0 Å². The molecular formula is C26H34N6O3. The summed E-state index contributed by atoms with van der Waals surface area (Å²) in [6, 6.07) is 11.3. The first kappa shape index (κ1) is 23.6. The highest BCUT2D eigenvalue weighted by Gasteiger charge is 2.39. The van der Waals surface area contributed by atoms with Gasteiger partial charge in [-0.05, 0) is 57.1 Å². The highest BCUT2D eigenvalue weighted by atomic mass is 16.5. The number of anilines is 4. The fraction of sp³-hybridized carbons (Fsp3) is 0.500. The molecule has 1 aromatic heterocycles. The van der Waals surface area contributed by atoms with Crippen molar-refractivity contribution in [2.24, 2.45) is 0 Å². The fourth-order valence-electron chi connectivity index (χ4n) is 5.19. The van der Waals surface area contributed by atoms with Gasteiger partial charge in [-0.3, -0.25) is 9.59 Å². The third-order valence-electron chi connectivity index (χ3n) is 7.32. The van der Waals surface area contributed by atoms with Gasteiger partial charge in [-0.15, -0.1) is 0 Å². The number of hydrogen-bond donors (Lipinski definition) is 1. The highest BCUT2D eigenvalue weighted by Crippen LogP contribution is 2.38. The Bertz CT molecular complexity index is 1090. The van der Waals surface area contributed by atoms with Crippen molar-refractivity contribution >= 4 is 34.8 Å². The monoisotopic (exact) mass is 478 g/mol. The lowest BCUT2D eigenvalue weighted by atomic mass is 10.0. The van der Waals surface area contributed by atoms with Gasteiger partial charge in [0, 0.05) is 63.7 Å². The summed E-state index contributed by atoms with van der Waals surface area (Å²) in [6.45, 7) is 6.60. The van der Waals surface area contributed by atoms with Crippen LogP contribution in [0.3, 0.4) is 0 Å². The summed E-state index contributed by atoms with van der Waals surface area (Å²) in [4.78, 5) is 38.9. The number of carbonyl (C=O) groups excluding carboxylic acids is 2. The molecule has 1 N–H and O–H groups in total. The molecule has 3 aliphatic heterocycles. The lowest BCUT2D eigenvalue weighted by Gasteiger charge is -2.44. The molecule has 0 unspecified atom stereocenters. The Morgan fingerprint density at radius 2 is 1.80 bits per heavy atom. The predicted octanol–water partition coefficient (Wildman–Crippen LogP) is 2.56. The van der Waals surface area contributed by atoms with Crippen LogP contribution in [0.4, 0.5) is 23.0 Å². The quantitative estimate of drug-likeness (QED) is 0.723. The maximum atomic E-state index is 13.0. The maximum absolute atomic E-state index is 13.0. The van der Waals surface area contributed by atoms with E-state index in [1.807, 2.05) is 48.2 Å². The summed E-state index contributed by atoms with van der Waals surface area (Å²) < 4.78 is 5.56. The van der Waals surface area contributed by atoms with Crippen LogP contribution in [0.25, 0.3) is 0 Å². The lowest BCUT2D eigenvalue weighted by Crippen LogP contribution is -2.56. The number of rotatable bonds is 4. The lowest BCUT2D eigenvalue weighted by molar-refractivity contribution is -0.119. The first-order valence-electron chi connectivity index (χ1n) is 12.4. The van der Waals surface area contributed by atoms with E-state index in [9.17, 15) is 9.59 Å². The number of piperazine rings is 1. The number of pyridine rings is 1. The maximum Gasteiger partial charge on any atom is 0.254 e.